The Morgan fingerprint density at radius 3 is 2.62 bits per heavy atom. The van der Waals surface area contributed by atoms with Gasteiger partial charge in [-0.2, -0.15) is 10.2 Å². The van der Waals surface area contributed by atoms with Crippen LogP contribution in [0.1, 0.15) is 33.9 Å². The summed E-state index contributed by atoms with van der Waals surface area (Å²) < 4.78 is 1.87. The third-order valence-corrected chi connectivity index (χ3v) is 4.84. The van der Waals surface area contributed by atoms with Crippen LogP contribution in [0.15, 0.2) is 30.3 Å². The lowest BCUT2D eigenvalue weighted by atomic mass is 10.1. The van der Waals surface area contributed by atoms with E-state index in [2.05, 4.69) is 20.6 Å². The van der Waals surface area contributed by atoms with Gasteiger partial charge in [0.15, 0.2) is 0 Å². The van der Waals surface area contributed by atoms with Gasteiger partial charge in [0.1, 0.15) is 5.69 Å². The van der Waals surface area contributed by atoms with Gasteiger partial charge in [-0.15, -0.1) is 0 Å². The molecule has 0 radical (unpaired) electrons. The highest BCUT2D eigenvalue weighted by atomic mass is 35.5. The van der Waals surface area contributed by atoms with Crippen LogP contribution in [0.2, 0.25) is 5.02 Å². The number of hydrogen-bond acceptors (Lipinski definition) is 3. The highest BCUT2D eigenvalue weighted by Crippen LogP contribution is 2.19. The van der Waals surface area contributed by atoms with Crippen LogP contribution in [0.5, 0.6) is 0 Å². The summed E-state index contributed by atoms with van der Waals surface area (Å²) in [5.41, 5.74) is 5.15. The highest BCUT2D eigenvalue weighted by Gasteiger charge is 2.11. The predicted molar refractivity (Wildman–Crippen MR) is 102 cm³/mol. The molecule has 0 atom stereocenters. The van der Waals surface area contributed by atoms with E-state index in [-0.39, 0.29) is 5.91 Å². The molecule has 1 aromatic carbocycles. The maximum atomic E-state index is 12.3. The first-order chi connectivity index (χ1) is 12.5. The Bertz CT molecular complexity index is 911. The molecule has 2 aromatic heterocycles. The van der Waals surface area contributed by atoms with Crippen molar-refractivity contribution in [2.45, 2.75) is 33.7 Å². The summed E-state index contributed by atoms with van der Waals surface area (Å²) in [6.07, 6.45) is 0.767. The fourth-order valence-electron chi connectivity index (χ4n) is 2.73. The molecule has 2 heterocycles. The normalized spacial score (nSPS) is 10.9. The molecular weight excluding hydrogens is 350 g/mol. The molecule has 0 saturated carbocycles. The first-order valence-corrected chi connectivity index (χ1v) is 8.93. The van der Waals surface area contributed by atoms with Crippen LogP contribution in [-0.4, -0.2) is 32.4 Å². The van der Waals surface area contributed by atoms with Gasteiger partial charge in [-0.05, 0) is 33.3 Å². The molecule has 136 valence electrons. The highest BCUT2D eigenvalue weighted by molar-refractivity contribution is 6.31. The van der Waals surface area contributed by atoms with Crippen molar-refractivity contribution in [3.63, 3.8) is 0 Å². The van der Waals surface area contributed by atoms with Crippen LogP contribution in [0.4, 0.5) is 0 Å². The number of aromatic amines is 1. The minimum atomic E-state index is -0.165. The number of aromatic nitrogens is 4. The number of H-pyrrole nitrogens is 1. The number of carbonyl (C=O) groups excluding carboxylic acids is 1. The molecule has 6 nitrogen and oxygen atoms in total. The SMILES string of the molecule is Cc1ccc(-c2cc(C(=O)NCCCn3nc(C)c(Cl)c3C)[nH]n2)cc1. The van der Waals surface area contributed by atoms with Crippen LogP contribution in [0, 0.1) is 20.8 Å². The average molecular weight is 372 g/mol. The molecule has 0 aliphatic heterocycles. The lowest BCUT2D eigenvalue weighted by Gasteiger charge is -2.05. The number of carbonyl (C=O) groups is 1. The van der Waals surface area contributed by atoms with Crippen molar-refractivity contribution in [2.75, 3.05) is 6.54 Å². The Balaban J connectivity index is 1.52. The summed E-state index contributed by atoms with van der Waals surface area (Å²) in [5, 5.41) is 15.0. The monoisotopic (exact) mass is 371 g/mol. The van der Waals surface area contributed by atoms with Gasteiger partial charge in [-0.25, -0.2) is 0 Å². The lowest BCUT2D eigenvalue weighted by Crippen LogP contribution is -2.25. The van der Waals surface area contributed by atoms with Crippen molar-refractivity contribution >= 4 is 17.5 Å². The Kier molecular flexibility index (Phi) is 5.42. The van der Waals surface area contributed by atoms with Crippen LogP contribution < -0.4 is 5.32 Å². The van der Waals surface area contributed by atoms with Gasteiger partial charge in [0.05, 0.1) is 22.1 Å². The number of halogens is 1. The largest absolute Gasteiger partial charge is 0.351 e. The van der Waals surface area contributed by atoms with E-state index in [9.17, 15) is 4.79 Å². The zero-order chi connectivity index (χ0) is 18.7. The zero-order valence-electron chi connectivity index (χ0n) is 15.1. The second kappa shape index (κ2) is 7.74. The van der Waals surface area contributed by atoms with Gasteiger partial charge in [-0.3, -0.25) is 14.6 Å². The van der Waals surface area contributed by atoms with Crippen LogP contribution in [0.3, 0.4) is 0 Å². The Morgan fingerprint density at radius 1 is 1.23 bits per heavy atom. The average Bonchev–Trinajstić information content (AvgIpc) is 3.21. The predicted octanol–water partition coefficient (Wildman–Crippen LogP) is 3.67. The maximum absolute atomic E-state index is 12.3. The topological polar surface area (TPSA) is 75.6 Å². The van der Waals surface area contributed by atoms with Crippen LogP contribution in [-0.2, 0) is 6.54 Å². The van der Waals surface area contributed by atoms with Gasteiger partial charge in [0, 0.05) is 18.7 Å². The number of rotatable bonds is 6. The molecule has 3 rings (SSSR count). The summed E-state index contributed by atoms with van der Waals surface area (Å²) >= 11 is 6.14. The second-order valence-corrected chi connectivity index (χ2v) is 6.73. The minimum Gasteiger partial charge on any atom is -0.351 e. The third-order valence-electron chi connectivity index (χ3n) is 4.30. The van der Waals surface area contributed by atoms with Crippen molar-refractivity contribution in [1.29, 1.82) is 0 Å². The summed E-state index contributed by atoms with van der Waals surface area (Å²) in [4.78, 5) is 12.3. The molecule has 0 fully saturated rings. The van der Waals surface area contributed by atoms with Crippen molar-refractivity contribution in [2.24, 2.45) is 0 Å². The quantitative estimate of drug-likeness (QED) is 0.649. The number of aryl methyl sites for hydroxylation is 3. The molecule has 26 heavy (non-hydrogen) atoms. The van der Waals surface area contributed by atoms with Crippen LogP contribution in [0.25, 0.3) is 11.3 Å². The molecule has 0 aliphatic rings. The minimum absolute atomic E-state index is 0.165. The number of hydrogen-bond donors (Lipinski definition) is 2. The molecule has 0 aliphatic carbocycles. The lowest BCUT2D eigenvalue weighted by molar-refractivity contribution is 0.0947. The maximum Gasteiger partial charge on any atom is 0.269 e. The Labute approximate surface area is 157 Å². The van der Waals surface area contributed by atoms with Gasteiger partial charge in [0.25, 0.3) is 5.91 Å². The number of benzene rings is 1. The summed E-state index contributed by atoms with van der Waals surface area (Å²) in [6.45, 7) is 7.12. The van der Waals surface area contributed by atoms with Crippen molar-refractivity contribution in [3.8, 4) is 11.3 Å². The number of nitrogens with zero attached hydrogens (tertiary/aromatic N) is 3. The first-order valence-electron chi connectivity index (χ1n) is 8.56. The van der Waals surface area contributed by atoms with Gasteiger partial charge >= 0.3 is 0 Å². The van der Waals surface area contributed by atoms with Gasteiger partial charge < -0.3 is 5.32 Å². The standard InChI is InChI=1S/C19H22ClN5O/c1-12-5-7-15(8-6-12)16-11-17(23-22-16)19(26)21-9-4-10-25-14(3)18(20)13(2)24-25/h5-8,11H,4,9-10H2,1-3H3,(H,21,26)(H,22,23). The van der Waals surface area contributed by atoms with E-state index >= 15 is 0 Å². The van der Waals surface area contributed by atoms with Crippen molar-refractivity contribution in [1.82, 2.24) is 25.3 Å². The Hall–Kier alpha value is -2.60. The third kappa shape index (κ3) is 3.96. The van der Waals surface area contributed by atoms with Crippen molar-refractivity contribution in [3.05, 3.63) is 58.0 Å². The van der Waals surface area contributed by atoms with E-state index in [1.54, 1.807) is 6.07 Å². The van der Waals surface area contributed by atoms with Gasteiger partial charge in [-0.1, -0.05) is 41.4 Å². The first kappa shape index (κ1) is 18.2. The van der Waals surface area contributed by atoms with E-state index in [1.165, 1.54) is 5.56 Å². The number of amides is 1. The molecule has 1 amide bonds. The fraction of sp³-hybridized carbons (Fsp3) is 0.316. The molecule has 0 unspecified atom stereocenters. The molecule has 0 spiro atoms. The summed E-state index contributed by atoms with van der Waals surface area (Å²) in [6, 6.07) is 9.80. The Morgan fingerprint density at radius 2 is 1.96 bits per heavy atom. The molecule has 2 N–H and O–H groups in total. The summed E-state index contributed by atoms with van der Waals surface area (Å²) in [7, 11) is 0. The van der Waals surface area contributed by atoms with Crippen molar-refractivity contribution < 1.29 is 4.79 Å². The zero-order valence-corrected chi connectivity index (χ0v) is 15.9. The molecule has 0 bridgehead atoms. The smallest absolute Gasteiger partial charge is 0.269 e. The van der Waals surface area contributed by atoms with Crippen LogP contribution >= 0.6 is 11.6 Å². The second-order valence-electron chi connectivity index (χ2n) is 6.35. The molecule has 7 heteroatoms. The van der Waals surface area contributed by atoms with Gasteiger partial charge in [0.2, 0.25) is 0 Å². The molecule has 0 saturated heterocycles. The van der Waals surface area contributed by atoms with E-state index in [4.69, 9.17) is 11.6 Å². The number of nitrogens with one attached hydrogen (secondary N) is 2. The van der Waals surface area contributed by atoms with E-state index in [0.29, 0.717) is 23.8 Å². The fourth-order valence-corrected chi connectivity index (χ4v) is 2.86. The van der Waals surface area contributed by atoms with E-state index in [1.807, 2.05) is 49.7 Å². The molecule has 3 aromatic rings. The van der Waals surface area contributed by atoms with E-state index in [0.717, 1.165) is 29.1 Å². The van der Waals surface area contributed by atoms with E-state index < -0.39 is 0 Å². The molecular formula is C19H22ClN5O. The summed E-state index contributed by atoms with van der Waals surface area (Å²) in [5.74, 6) is -0.165.